The summed E-state index contributed by atoms with van der Waals surface area (Å²) < 4.78 is 1.97. The van der Waals surface area contributed by atoms with E-state index in [-0.39, 0.29) is 12.3 Å². The molecule has 0 radical (unpaired) electrons. The fraction of sp³-hybridized carbons (Fsp3) is 0.400. The number of aromatic nitrogens is 4. The van der Waals surface area contributed by atoms with Crippen LogP contribution in [0.2, 0.25) is 0 Å². The van der Waals surface area contributed by atoms with Crippen molar-refractivity contribution in [3.63, 3.8) is 0 Å². The summed E-state index contributed by atoms with van der Waals surface area (Å²) in [5.41, 5.74) is 6.37. The number of hydrogen-bond acceptors (Lipinski definition) is 4. The van der Waals surface area contributed by atoms with E-state index in [9.17, 15) is 4.79 Å². The summed E-state index contributed by atoms with van der Waals surface area (Å²) in [6.07, 6.45) is 8.47. The molecule has 6 nitrogen and oxygen atoms in total. The van der Waals surface area contributed by atoms with Crippen LogP contribution < -0.4 is 5.32 Å². The third-order valence-corrected chi connectivity index (χ3v) is 5.03. The summed E-state index contributed by atoms with van der Waals surface area (Å²) in [5, 5.41) is 2.95. The zero-order chi connectivity index (χ0) is 18.1. The van der Waals surface area contributed by atoms with Crippen molar-refractivity contribution in [1.82, 2.24) is 24.7 Å². The number of carbonyl (C=O) groups is 1. The van der Waals surface area contributed by atoms with E-state index < -0.39 is 0 Å². The third-order valence-electron chi connectivity index (χ3n) is 5.03. The number of rotatable bonds is 4. The number of imidazole rings is 1. The average molecular weight is 349 g/mol. The topological polar surface area (TPSA) is 72.2 Å². The molecule has 1 amide bonds. The Balaban J connectivity index is 1.44. The van der Waals surface area contributed by atoms with Gasteiger partial charge in [0.1, 0.15) is 11.5 Å². The fourth-order valence-electron chi connectivity index (χ4n) is 3.66. The molecule has 134 valence electrons. The predicted octanol–water partition coefficient (Wildman–Crippen LogP) is 2.48. The van der Waals surface area contributed by atoms with Gasteiger partial charge in [-0.15, -0.1) is 0 Å². The SMILES string of the molecule is Cc1nc(CNC(=O)Cc2cnc3c(C)cccn23)nc2c1CCCC2. The lowest BCUT2D eigenvalue weighted by molar-refractivity contribution is -0.120. The first kappa shape index (κ1) is 16.7. The largest absolute Gasteiger partial charge is 0.348 e. The van der Waals surface area contributed by atoms with Gasteiger partial charge >= 0.3 is 0 Å². The highest BCUT2D eigenvalue weighted by atomic mass is 16.1. The Bertz CT molecular complexity index is 976. The quantitative estimate of drug-likeness (QED) is 0.785. The van der Waals surface area contributed by atoms with Crippen molar-refractivity contribution < 1.29 is 4.79 Å². The van der Waals surface area contributed by atoms with Crippen LogP contribution in [0, 0.1) is 13.8 Å². The number of amides is 1. The van der Waals surface area contributed by atoms with Crippen LogP contribution in [0.15, 0.2) is 24.5 Å². The molecule has 6 heteroatoms. The van der Waals surface area contributed by atoms with Crippen molar-refractivity contribution >= 4 is 11.6 Å². The maximum atomic E-state index is 12.4. The minimum absolute atomic E-state index is 0.0488. The van der Waals surface area contributed by atoms with E-state index in [0.29, 0.717) is 12.4 Å². The van der Waals surface area contributed by atoms with Gasteiger partial charge < -0.3 is 9.72 Å². The van der Waals surface area contributed by atoms with E-state index in [4.69, 9.17) is 0 Å². The molecular weight excluding hydrogens is 326 g/mol. The van der Waals surface area contributed by atoms with Crippen LogP contribution in [0.25, 0.3) is 5.65 Å². The van der Waals surface area contributed by atoms with Gasteiger partial charge in [-0.25, -0.2) is 15.0 Å². The second-order valence-electron chi connectivity index (χ2n) is 6.95. The molecule has 3 aromatic rings. The molecule has 3 aromatic heterocycles. The predicted molar refractivity (Wildman–Crippen MR) is 98.9 cm³/mol. The molecule has 1 aliphatic rings. The minimum atomic E-state index is -0.0488. The monoisotopic (exact) mass is 349 g/mol. The molecule has 1 N–H and O–H groups in total. The lowest BCUT2D eigenvalue weighted by Gasteiger charge is -2.17. The van der Waals surface area contributed by atoms with Crippen LogP contribution >= 0.6 is 0 Å². The lowest BCUT2D eigenvalue weighted by Crippen LogP contribution is -2.27. The van der Waals surface area contributed by atoms with Gasteiger partial charge in [0.05, 0.1) is 18.7 Å². The van der Waals surface area contributed by atoms with Crippen molar-refractivity contribution in [3.05, 3.63) is 58.6 Å². The summed E-state index contributed by atoms with van der Waals surface area (Å²) in [6, 6.07) is 3.98. The van der Waals surface area contributed by atoms with Crippen molar-refractivity contribution in [3.8, 4) is 0 Å². The van der Waals surface area contributed by atoms with Crippen LogP contribution in [0.3, 0.4) is 0 Å². The van der Waals surface area contributed by atoms with Gasteiger partial charge in [-0.2, -0.15) is 0 Å². The Kier molecular flexibility index (Phi) is 4.41. The van der Waals surface area contributed by atoms with Gasteiger partial charge in [0.15, 0.2) is 0 Å². The maximum absolute atomic E-state index is 12.4. The van der Waals surface area contributed by atoms with Crippen LogP contribution in [0.4, 0.5) is 0 Å². The van der Waals surface area contributed by atoms with Gasteiger partial charge in [-0.3, -0.25) is 4.79 Å². The first-order valence-corrected chi connectivity index (χ1v) is 9.15. The summed E-state index contributed by atoms with van der Waals surface area (Å²) >= 11 is 0. The van der Waals surface area contributed by atoms with Gasteiger partial charge in [0.25, 0.3) is 0 Å². The molecular formula is C20H23N5O. The molecule has 0 unspecified atom stereocenters. The summed E-state index contributed by atoms with van der Waals surface area (Å²) in [6.45, 7) is 4.42. The number of aryl methyl sites for hydroxylation is 3. The Morgan fingerprint density at radius 1 is 1.23 bits per heavy atom. The number of nitrogens with one attached hydrogen (secondary N) is 1. The number of nitrogens with zero attached hydrogens (tertiary/aromatic N) is 4. The molecule has 0 bridgehead atoms. The molecule has 0 spiro atoms. The smallest absolute Gasteiger partial charge is 0.226 e. The van der Waals surface area contributed by atoms with Crippen molar-refractivity contribution in [1.29, 1.82) is 0 Å². The van der Waals surface area contributed by atoms with Gasteiger partial charge in [-0.1, -0.05) is 6.07 Å². The van der Waals surface area contributed by atoms with Crippen molar-refractivity contribution in [2.24, 2.45) is 0 Å². The number of hydrogen-bond donors (Lipinski definition) is 1. The molecule has 0 saturated carbocycles. The van der Waals surface area contributed by atoms with E-state index in [1.165, 1.54) is 18.4 Å². The molecule has 4 rings (SSSR count). The Hall–Kier alpha value is -2.76. The van der Waals surface area contributed by atoms with E-state index in [1.807, 2.05) is 36.6 Å². The molecule has 0 aromatic carbocycles. The third kappa shape index (κ3) is 3.19. The van der Waals surface area contributed by atoms with Crippen LogP contribution in [-0.4, -0.2) is 25.3 Å². The highest BCUT2D eigenvalue weighted by Crippen LogP contribution is 2.21. The molecule has 3 heterocycles. The average Bonchev–Trinajstić information content (AvgIpc) is 3.04. The fourth-order valence-corrected chi connectivity index (χ4v) is 3.66. The van der Waals surface area contributed by atoms with Gasteiger partial charge in [-0.05, 0) is 56.7 Å². The number of fused-ring (bicyclic) bond motifs is 2. The summed E-state index contributed by atoms with van der Waals surface area (Å²) in [7, 11) is 0. The van der Waals surface area contributed by atoms with E-state index in [0.717, 1.165) is 41.1 Å². The molecule has 0 atom stereocenters. The first-order chi connectivity index (χ1) is 12.6. The van der Waals surface area contributed by atoms with Crippen LogP contribution in [0.5, 0.6) is 0 Å². The van der Waals surface area contributed by atoms with Crippen LogP contribution in [0.1, 0.15) is 46.9 Å². The summed E-state index contributed by atoms with van der Waals surface area (Å²) in [4.78, 5) is 26.0. The Morgan fingerprint density at radius 3 is 2.96 bits per heavy atom. The standard InChI is InChI=1S/C20H23N5O/c1-13-6-5-9-25-15(11-22-20(13)25)10-19(26)21-12-18-23-14(2)16-7-3-4-8-17(16)24-18/h5-6,9,11H,3-4,7-8,10,12H2,1-2H3,(H,21,26). The van der Waals surface area contributed by atoms with Crippen LogP contribution in [-0.2, 0) is 30.6 Å². The van der Waals surface area contributed by atoms with Gasteiger partial charge in [0.2, 0.25) is 5.91 Å². The van der Waals surface area contributed by atoms with Gasteiger partial charge in [0, 0.05) is 23.8 Å². The van der Waals surface area contributed by atoms with Crippen molar-refractivity contribution in [2.45, 2.75) is 52.5 Å². The molecule has 0 fully saturated rings. The van der Waals surface area contributed by atoms with E-state index in [2.05, 4.69) is 20.3 Å². The molecule has 0 aliphatic heterocycles. The Labute approximate surface area is 152 Å². The molecule has 1 aliphatic carbocycles. The molecule has 0 saturated heterocycles. The summed E-state index contributed by atoms with van der Waals surface area (Å²) in [5.74, 6) is 0.651. The lowest BCUT2D eigenvalue weighted by atomic mass is 9.95. The second-order valence-corrected chi connectivity index (χ2v) is 6.95. The normalized spacial score (nSPS) is 13.6. The minimum Gasteiger partial charge on any atom is -0.348 e. The maximum Gasteiger partial charge on any atom is 0.226 e. The first-order valence-electron chi connectivity index (χ1n) is 9.15. The highest BCUT2D eigenvalue weighted by molar-refractivity contribution is 5.78. The number of carbonyl (C=O) groups excluding carboxylic acids is 1. The second kappa shape index (κ2) is 6.86. The van der Waals surface area contributed by atoms with E-state index >= 15 is 0 Å². The zero-order valence-electron chi connectivity index (χ0n) is 15.2. The Morgan fingerprint density at radius 2 is 2.08 bits per heavy atom. The highest BCUT2D eigenvalue weighted by Gasteiger charge is 2.16. The number of pyridine rings is 1. The van der Waals surface area contributed by atoms with Crippen molar-refractivity contribution in [2.75, 3.05) is 0 Å². The zero-order valence-corrected chi connectivity index (χ0v) is 15.2. The molecule has 26 heavy (non-hydrogen) atoms. The van der Waals surface area contributed by atoms with E-state index in [1.54, 1.807) is 6.20 Å².